The molecule has 2 N–H and O–H groups in total. The van der Waals surface area contributed by atoms with Crippen molar-refractivity contribution in [2.45, 2.75) is 39.2 Å². The van der Waals surface area contributed by atoms with Gasteiger partial charge in [-0.25, -0.2) is 0 Å². The fourth-order valence-electron chi connectivity index (χ4n) is 1.90. The highest BCUT2D eigenvalue weighted by molar-refractivity contribution is 5.79. The average Bonchev–Trinajstić information content (AvgIpc) is 2.90. The second-order valence-corrected chi connectivity index (χ2v) is 5.31. The van der Waals surface area contributed by atoms with Crippen molar-refractivity contribution in [3.63, 3.8) is 0 Å². The Balaban J connectivity index is 1.99. The summed E-state index contributed by atoms with van der Waals surface area (Å²) in [5.41, 5.74) is 0. The standard InChI is InChI=1S/C14H29N3O2/c1-12(2)6-9-18-10-7-16-14(15-3)17-11-13-5-4-8-19-13/h12-13H,4-11H2,1-3H3,(H2,15,16,17). The third kappa shape index (κ3) is 8.06. The Morgan fingerprint density at radius 2 is 2.21 bits per heavy atom. The number of rotatable bonds is 8. The smallest absolute Gasteiger partial charge is 0.191 e. The summed E-state index contributed by atoms with van der Waals surface area (Å²) in [6, 6.07) is 0. The molecule has 1 heterocycles. The minimum atomic E-state index is 0.334. The molecule has 0 radical (unpaired) electrons. The quantitative estimate of drug-likeness (QED) is 0.398. The second kappa shape index (κ2) is 10.0. The molecule has 1 aliphatic heterocycles. The van der Waals surface area contributed by atoms with Crippen LogP contribution in [0.2, 0.25) is 0 Å². The molecule has 19 heavy (non-hydrogen) atoms. The molecular weight excluding hydrogens is 242 g/mol. The van der Waals surface area contributed by atoms with Crippen LogP contribution in [0.3, 0.4) is 0 Å². The molecule has 1 rings (SSSR count). The Labute approximate surface area is 117 Å². The van der Waals surface area contributed by atoms with Crippen molar-refractivity contribution in [2.24, 2.45) is 10.9 Å². The highest BCUT2D eigenvalue weighted by Crippen LogP contribution is 2.10. The first-order valence-electron chi connectivity index (χ1n) is 7.36. The van der Waals surface area contributed by atoms with Crippen LogP contribution in [0.5, 0.6) is 0 Å². The summed E-state index contributed by atoms with van der Waals surface area (Å²) in [6.45, 7) is 8.46. The Bertz CT molecular complexity index is 251. The van der Waals surface area contributed by atoms with Crippen molar-refractivity contribution in [2.75, 3.05) is 40.0 Å². The lowest BCUT2D eigenvalue weighted by Crippen LogP contribution is -2.42. The lowest BCUT2D eigenvalue weighted by molar-refractivity contribution is 0.113. The van der Waals surface area contributed by atoms with Gasteiger partial charge in [0.05, 0.1) is 12.7 Å². The zero-order chi connectivity index (χ0) is 13.9. The number of hydrogen-bond acceptors (Lipinski definition) is 3. The zero-order valence-electron chi connectivity index (χ0n) is 12.6. The van der Waals surface area contributed by atoms with Crippen LogP contribution >= 0.6 is 0 Å². The zero-order valence-corrected chi connectivity index (χ0v) is 12.6. The van der Waals surface area contributed by atoms with Crippen LogP contribution in [0, 0.1) is 5.92 Å². The maximum Gasteiger partial charge on any atom is 0.191 e. The minimum absolute atomic E-state index is 0.334. The van der Waals surface area contributed by atoms with Crippen LogP contribution in [0.25, 0.3) is 0 Å². The average molecular weight is 271 g/mol. The van der Waals surface area contributed by atoms with Gasteiger partial charge in [0.15, 0.2) is 5.96 Å². The van der Waals surface area contributed by atoms with E-state index in [9.17, 15) is 0 Å². The molecule has 0 aliphatic carbocycles. The summed E-state index contributed by atoms with van der Waals surface area (Å²) in [7, 11) is 1.78. The third-order valence-corrected chi connectivity index (χ3v) is 3.12. The number of nitrogens with one attached hydrogen (secondary N) is 2. The lowest BCUT2D eigenvalue weighted by Gasteiger charge is -2.15. The molecule has 0 amide bonds. The molecular formula is C14H29N3O2. The van der Waals surface area contributed by atoms with E-state index in [1.54, 1.807) is 7.05 Å². The fourth-order valence-corrected chi connectivity index (χ4v) is 1.90. The van der Waals surface area contributed by atoms with Gasteiger partial charge in [0.1, 0.15) is 0 Å². The topological polar surface area (TPSA) is 54.9 Å². The first kappa shape index (κ1) is 16.2. The van der Waals surface area contributed by atoms with Gasteiger partial charge in [-0.1, -0.05) is 13.8 Å². The molecule has 0 aromatic rings. The predicted octanol–water partition coefficient (Wildman–Crippen LogP) is 1.39. The first-order valence-corrected chi connectivity index (χ1v) is 7.36. The fraction of sp³-hybridized carbons (Fsp3) is 0.929. The van der Waals surface area contributed by atoms with Crippen LogP contribution in [-0.2, 0) is 9.47 Å². The molecule has 0 aromatic carbocycles. The summed E-state index contributed by atoms with van der Waals surface area (Å²) in [4.78, 5) is 4.18. The summed E-state index contributed by atoms with van der Waals surface area (Å²) in [5.74, 6) is 1.52. The van der Waals surface area contributed by atoms with E-state index in [0.29, 0.717) is 18.6 Å². The van der Waals surface area contributed by atoms with Crippen LogP contribution in [0.4, 0.5) is 0 Å². The molecule has 1 fully saturated rings. The summed E-state index contributed by atoms with van der Waals surface area (Å²) >= 11 is 0. The van der Waals surface area contributed by atoms with Gasteiger partial charge >= 0.3 is 0 Å². The number of guanidine groups is 1. The van der Waals surface area contributed by atoms with Crippen molar-refractivity contribution >= 4 is 5.96 Å². The molecule has 1 atom stereocenters. The summed E-state index contributed by atoms with van der Waals surface area (Å²) in [5, 5.41) is 6.52. The van der Waals surface area contributed by atoms with Gasteiger partial charge in [-0.05, 0) is 25.2 Å². The summed E-state index contributed by atoms with van der Waals surface area (Å²) in [6.07, 6.45) is 3.76. The van der Waals surface area contributed by atoms with Crippen molar-refractivity contribution in [3.8, 4) is 0 Å². The number of hydrogen-bond donors (Lipinski definition) is 2. The SMILES string of the molecule is CN=C(NCCOCCC(C)C)NCC1CCCO1. The largest absolute Gasteiger partial charge is 0.380 e. The number of aliphatic imine (C=N–C) groups is 1. The molecule has 112 valence electrons. The maximum absolute atomic E-state index is 5.56. The summed E-state index contributed by atoms with van der Waals surface area (Å²) < 4.78 is 11.1. The molecule has 1 aliphatic rings. The molecule has 0 spiro atoms. The minimum Gasteiger partial charge on any atom is -0.380 e. The van der Waals surface area contributed by atoms with Crippen LogP contribution in [-0.4, -0.2) is 52.0 Å². The van der Waals surface area contributed by atoms with E-state index in [1.165, 1.54) is 6.42 Å². The highest BCUT2D eigenvalue weighted by Gasteiger charge is 2.15. The lowest BCUT2D eigenvalue weighted by atomic mass is 10.1. The monoisotopic (exact) mass is 271 g/mol. The van der Waals surface area contributed by atoms with Crippen molar-refractivity contribution in [1.29, 1.82) is 0 Å². The van der Waals surface area contributed by atoms with Crippen LogP contribution in [0.1, 0.15) is 33.1 Å². The Hall–Kier alpha value is -0.810. The van der Waals surface area contributed by atoms with Gasteiger partial charge in [0.2, 0.25) is 0 Å². The van der Waals surface area contributed by atoms with Crippen molar-refractivity contribution < 1.29 is 9.47 Å². The van der Waals surface area contributed by atoms with Crippen molar-refractivity contribution in [1.82, 2.24) is 10.6 Å². The Kier molecular flexibility index (Phi) is 8.58. The van der Waals surface area contributed by atoms with Gasteiger partial charge in [-0.15, -0.1) is 0 Å². The Morgan fingerprint density at radius 3 is 2.84 bits per heavy atom. The normalized spacial score (nSPS) is 20.0. The van der Waals surface area contributed by atoms with Gasteiger partial charge < -0.3 is 20.1 Å². The van der Waals surface area contributed by atoms with Crippen LogP contribution in [0.15, 0.2) is 4.99 Å². The van der Waals surface area contributed by atoms with E-state index in [0.717, 1.165) is 45.1 Å². The maximum atomic E-state index is 5.56. The van der Waals surface area contributed by atoms with Crippen molar-refractivity contribution in [3.05, 3.63) is 0 Å². The second-order valence-electron chi connectivity index (χ2n) is 5.31. The van der Waals surface area contributed by atoms with Gasteiger partial charge in [-0.3, -0.25) is 4.99 Å². The van der Waals surface area contributed by atoms with Gasteiger partial charge in [-0.2, -0.15) is 0 Å². The Morgan fingerprint density at radius 1 is 1.37 bits per heavy atom. The third-order valence-electron chi connectivity index (χ3n) is 3.12. The molecule has 0 saturated carbocycles. The molecule has 1 saturated heterocycles. The van der Waals surface area contributed by atoms with E-state index >= 15 is 0 Å². The van der Waals surface area contributed by atoms with E-state index < -0.39 is 0 Å². The first-order chi connectivity index (χ1) is 9.22. The predicted molar refractivity (Wildman–Crippen MR) is 78.6 cm³/mol. The van der Waals surface area contributed by atoms with Gasteiger partial charge in [0.25, 0.3) is 0 Å². The van der Waals surface area contributed by atoms with Crippen LogP contribution < -0.4 is 10.6 Å². The molecule has 5 heteroatoms. The molecule has 0 bridgehead atoms. The molecule has 1 unspecified atom stereocenters. The van der Waals surface area contributed by atoms with Gasteiger partial charge in [0, 0.05) is 33.4 Å². The highest BCUT2D eigenvalue weighted by atomic mass is 16.5. The van der Waals surface area contributed by atoms with E-state index in [2.05, 4.69) is 29.5 Å². The molecule has 5 nitrogen and oxygen atoms in total. The number of ether oxygens (including phenoxy) is 2. The van der Waals surface area contributed by atoms with E-state index in [4.69, 9.17) is 9.47 Å². The molecule has 0 aromatic heterocycles. The van der Waals surface area contributed by atoms with E-state index in [1.807, 2.05) is 0 Å². The number of nitrogens with zero attached hydrogens (tertiary/aromatic N) is 1. The van der Waals surface area contributed by atoms with E-state index in [-0.39, 0.29) is 0 Å².